The molecular weight excluding hydrogens is 336 g/mol. The molecule has 2 fully saturated rings. The summed E-state index contributed by atoms with van der Waals surface area (Å²) >= 11 is 5.20. The number of benzene rings is 1. The van der Waals surface area contributed by atoms with Crippen LogP contribution in [0.5, 0.6) is 0 Å². The number of carbonyl (C=O) groups is 1. The van der Waals surface area contributed by atoms with E-state index in [0.717, 1.165) is 4.90 Å². The Morgan fingerprint density at radius 1 is 1.25 bits per heavy atom. The molecule has 2 saturated carbocycles. The van der Waals surface area contributed by atoms with E-state index in [1.54, 1.807) is 0 Å². The topological polar surface area (TPSA) is 37.3 Å². The Balaban J connectivity index is 1.75. The Kier molecular flexibility index (Phi) is 4.14. The van der Waals surface area contributed by atoms with Crippen LogP contribution < -0.4 is 0 Å². The zero-order valence-electron chi connectivity index (χ0n) is 11.4. The van der Waals surface area contributed by atoms with E-state index in [9.17, 15) is 9.90 Å². The molecule has 3 rings (SSSR count). The fourth-order valence-electron chi connectivity index (χ4n) is 3.59. The van der Waals surface area contributed by atoms with E-state index in [1.165, 1.54) is 44.9 Å². The Morgan fingerprint density at radius 2 is 2.00 bits per heavy atom. The van der Waals surface area contributed by atoms with Crippen LogP contribution in [0, 0.1) is 5.41 Å². The number of carboxylic acids is 1. The molecule has 0 aliphatic heterocycles. The highest BCUT2D eigenvalue weighted by Gasteiger charge is 2.47. The highest BCUT2D eigenvalue weighted by Crippen LogP contribution is 2.57. The SMILES string of the molecule is O=C(O)c1cc(SC2CCC23CCCCC3)ccc1Br. The van der Waals surface area contributed by atoms with Crippen molar-refractivity contribution in [2.45, 2.75) is 55.1 Å². The van der Waals surface area contributed by atoms with Gasteiger partial charge in [0.05, 0.1) is 5.56 Å². The number of hydrogen-bond acceptors (Lipinski definition) is 2. The van der Waals surface area contributed by atoms with Gasteiger partial charge in [-0.05, 0) is 65.2 Å². The maximum absolute atomic E-state index is 11.2. The Bertz CT molecular complexity index is 523. The maximum atomic E-state index is 11.2. The fourth-order valence-corrected chi connectivity index (χ4v) is 5.50. The first-order valence-electron chi connectivity index (χ1n) is 7.30. The van der Waals surface area contributed by atoms with Crippen molar-refractivity contribution in [3.05, 3.63) is 28.2 Å². The normalized spacial score (nSPS) is 24.4. The maximum Gasteiger partial charge on any atom is 0.336 e. The number of rotatable bonds is 3. The minimum absolute atomic E-state index is 0.368. The molecule has 20 heavy (non-hydrogen) atoms. The van der Waals surface area contributed by atoms with Crippen LogP contribution in [-0.2, 0) is 0 Å². The summed E-state index contributed by atoms with van der Waals surface area (Å²) in [6.45, 7) is 0. The molecule has 1 aromatic carbocycles. The van der Waals surface area contributed by atoms with Gasteiger partial charge in [-0.1, -0.05) is 19.3 Å². The molecule has 0 aromatic heterocycles. The van der Waals surface area contributed by atoms with E-state index in [4.69, 9.17) is 0 Å². The van der Waals surface area contributed by atoms with Gasteiger partial charge in [0.15, 0.2) is 0 Å². The van der Waals surface area contributed by atoms with Crippen LogP contribution in [0.3, 0.4) is 0 Å². The predicted octanol–water partition coefficient (Wildman–Crippen LogP) is 5.35. The standard InChI is InChI=1S/C16H19BrO2S/c17-13-5-4-11(10-12(13)15(18)19)20-14-6-9-16(14)7-2-1-3-8-16/h4-5,10,14H,1-3,6-9H2,(H,18,19). The van der Waals surface area contributed by atoms with Crippen molar-refractivity contribution in [1.29, 1.82) is 0 Å². The molecule has 1 N–H and O–H groups in total. The number of carboxylic acid groups (broad SMARTS) is 1. The average molecular weight is 355 g/mol. The van der Waals surface area contributed by atoms with E-state index in [0.29, 0.717) is 20.7 Å². The van der Waals surface area contributed by atoms with E-state index >= 15 is 0 Å². The van der Waals surface area contributed by atoms with Gasteiger partial charge >= 0.3 is 5.97 Å². The molecule has 1 atom stereocenters. The lowest BCUT2D eigenvalue weighted by Gasteiger charge is -2.52. The minimum Gasteiger partial charge on any atom is -0.478 e. The average Bonchev–Trinajstić information content (AvgIpc) is 2.45. The van der Waals surface area contributed by atoms with Crippen molar-refractivity contribution in [2.24, 2.45) is 5.41 Å². The van der Waals surface area contributed by atoms with Crippen molar-refractivity contribution < 1.29 is 9.90 Å². The van der Waals surface area contributed by atoms with Crippen LogP contribution in [-0.4, -0.2) is 16.3 Å². The van der Waals surface area contributed by atoms with Crippen LogP contribution in [0.15, 0.2) is 27.6 Å². The van der Waals surface area contributed by atoms with Gasteiger partial charge < -0.3 is 5.11 Å². The highest BCUT2D eigenvalue weighted by atomic mass is 79.9. The summed E-state index contributed by atoms with van der Waals surface area (Å²) in [4.78, 5) is 12.3. The molecule has 0 radical (unpaired) electrons. The van der Waals surface area contributed by atoms with Gasteiger partial charge in [0.2, 0.25) is 0 Å². The molecule has 0 bridgehead atoms. The van der Waals surface area contributed by atoms with Crippen LogP contribution in [0.1, 0.15) is 55.3 Å². The lowest BCUT2D eigenvalue weighted by molar-refractivity contribution is 0.0695. The first-order valence-corrected chi connectivity index (χ1v) is 8.97. The van der Waals surface area contributed by atoms with Crippen molar-refractivity contribution in [3.63, 3.8) is 0 Å². The molecule has 2 aliphatic rings. The number of halogens is 1. The molecule has 0 heterocycles. The minimum atomic E-state index is -0.861. The number of thioether (sulfide) groups is 1. The van der Waals surface area contributed by atoms with Crippen molar-refractivity contribution in [2.75, 3.05) is 0 Å². The number of hydrogen-bond donors (Lipinski definition) is 1. The molecular formula is C16H19BrO2S. The van der Waals surface area contributed by atoms with Crippen LogP contribution in [0.25, 0.3) is 0 Å². The summed E-state index contributed by atoms with van der Waals surface area (Å²) in [5, 5.41) is 9.88. The van der Waals surface area contributed by atoms with Gasteiger partial charge in [-0.25, -0.2) is 4.79 Å². The Morgan fingerprint density at radius 3 is 2.60 bits per heavy atom. The second-order valence-corrected chi connectivity index (χ2v) is 8.15. The summed E-state index contributed by atoms with van der Waals surface area (Å²) in [7, 11) is 0. The second kappa shape index (κ2) is 5.72. The zero-order chi connectivity index (χ0) is 14.2. The first-order chi connectivity index (χ1) is 9.61. The van der Waals surface area contributed by atoms with Gasteiger partial charge in [0.25, 0.3) is 0 Å². The molecule has 2 aliphatic carbocycles. The number of aromatic carboxylic acids is 1. The van der Waals surface area contributed by atoms with E-state index < -0.39 is 5.97 Å². The third-order valence-corrected chi connectivity index (χ3v) is 7.12. The van der Waals surface area contributed by atoms with Gasteiger partial charge in [0, 0.05) is 14.6 Å². The first kappa shape index (κ1) is 14.5. The lowest BCUT2D eigenvalue weighted by Crippen LogP contribution is -2.44. The smallest absolute Gasteiger partial charge is 0.336 e. The molecule has 0 saturated heterocycles. The Hall–Kier alpha value is -0.480. The lowest BCUT2D eigenvalue weighted by atomic mass is 9.60. The van der Waals surface area contributed by atoms with Crippen LogP contribution >= 0.6 is 27.7 Å². The molecule has 2 nitrogen and oxygen atoms in total. The monoisotopic (exact) mass is 354 g/mol. The predicted molar refractivity (Wildman–Crippen MR) is 85.5 cm³/mol. The van der Waals surface area contributed by atoms with Crippen molar-refractivity contribution in [1.82, 2.24) is 0 Å². The quantitative estimate of drug-likeness (QED) is 0.794. The van der Waals surface area contributed by atoms with E-state index in [1.807, 2.05) is 30.0 Å². The van der Waals surface area contributed by atoms with Crippen molar-refractivity contribution in [3.8, 4) is 0 Å². The van der Waals surface area contributed by atoms with Crippen LogP contribution in [0.4, 0.5) is 0 Å². The fraction of sp³-hybridized carbons (Fsp3) is 0.562. The van der Waals surface area contributed by atoms with Gasteiger partial charge in [-0.2, -0.15) is 0 Å². The van der Waals surface area contributed by atoms with Gasteiger partial charge in [-0.3, -0.25) is 0 Å². The molecule has 0 amide bonds. The summed E-state index contributed by atoms with van der Waals surface area (Å²) in [5.41, 5.74) is 0.923. The second-order valence-electron chi connectivity index (χ2n) is 6.02. The summed E-state index contributed by atoms with van der Waals surface area (Å²) in [6, 6.07) is 5.71. The summed E-state index contributed by atoms with van der Waals surface area (Å²) in [6.07, 6.45) is 9.52. The highest BCUT2D eigenvalue weighted by molar-refractivity contribution is 9.10. The molecule has 1 spiro atoms. The third kappa shape index (κ3) is 2.64. The van der Waals surface area contributed by atoms with Gasteiger partial charge in [-0.15, -0.1) is 11.8 Å². The largest absolute Gasteiger partial charge is 0.478 e. The van der Waals surface area contributed by atoms with E-state index in [-0.39, 0.29) is 0 Å². The van der Waals surface area contributed by atoms with Gasteiger partial charge in [0.1, 0.15) is 0 Å². The zero-order valence-corrected chi connectivity index (χ0v) is 13.8. The summed E-state index contributed by atoms with van der Waals surface area (Å²) < 4.78 is 0.662. The van der Waals surface area contributed by atoms with Crippen LogP contribution in [0.2, 0.25) is 0 Å². The van der Waals surface area contributed by atoms with Crippen molar-refractivity contribution >= 4 is 33.7 Å². The molecule has 108 valence electrons. The molecule has 1 aromatic rings. The van der Waals surface area contributed by atoms with E-state index in [2.05, 4.69) is 15.9 Å². The summed E-state index contributed by atoms with van der Waals surface area (Å²) in [5.74, 6) is -0.861. The molecule has 1 unspecified atom stereocenters. The Labute approximate surface area is 132 Å². The molecule has 4 heteroatoms. The third-order valence-electron chi connectivity index (χ3n) is 4.88.